The number of anilines is 1. The van der Waals surface area contributed by atoms with Gasteiger partial charge in [0.1, 0.15) is 11.4 Å². The number of hydrogen-bond donors (Lipinski definition) is 4. The normalized spacial score (nSPS) is 17.4. The first kappa shape index (κ1) is 42.9. The summed E-state index contributed by atoms with van der Waals surface area (Å²) in [5.74, 6) is -0.887. The second-order valence-electron chi connectivity index (χ2n) is 15.7. The van der Waals surface area contributed by atoms with Crippen LogP contribution in [-0.2, 0) is 46.0 Å². The Kier molecular flexibility index (Phi) is 11.2. The van der Waals surface area contributed by atoms with Crippen LogP contribution >= 0.6 is 0 Å². The van der Waals surface area contributed by atoms with Crippen LogP contribution in [-0.4, -0.2) is 73.4 Å². The van der Waals surface area contributed by atoms with E-state index in [0.29, 0.717) is 43.6 Å². The molecule has 0 saturated heterocycles. The SMILES string of the molecule is CCN1C(=CC=CC=CC2=[N+](CCCCCC(=O)O)c3ccc4c(S(=O)(=O)O)cc(S(=O)(=O)O)cc4c3C2(C)C)C(C)(C)c2c1ccc1c(C)cc(S(=O)(=O)O)cc21. The summed E-state index contributed by atoms with van der Waals surface area (Å²) in [5, 5.41) is 11.1. The van der Waals surface area contributed by atoms with Gasteiger partial charge >= 0.3 is 5.97 Å². The van der Waals surface area contributed by atoms with Crippen LogP contribution in [0, 0.1) is 6.92 Å². The number of aryl methyl sites for hydroxylation is 1. The van der Waals surface area contributed by atoms with Crippen LogP contribution in [0.5, 0.6) is 0 Å². The lowest BCUT2D eigenvalue weighted by molar-refractivity contribution is -0.438. The van der Waals surface area contributed by atoms with Crippen molar-refractivity contribution in [2.24, 2.45) is 0 Å². The third kappa shape index (κ3) is 7.76. The molecule has 6 rings (SSSR count). The van der Waals surface area contributed by atoms with E-state index >= 15 is 0 Å². The van der Waals surface area contributed by atoms with Gasteiger partial charge in [0, 0.05) is 59.3 Å². The molecule has 0 aliphatic carbocycles. The molecule has 4 aromatic rings. The Balaban J connectivity index is 1.42. The van der Waals surface area contributed by atoms with Crippen LogP contribution in [0.4, 0.5) is 11.4 Å². The third-order valence-electron chi connectivity index (χ3n) is 11.2. The molecule has 0 radical (unpaired) electrons. The highest BCUT2D eigenvalue weighted by Crippen LogP contribution is 2.51. The van der Waals surface area contributed by atoms with Gasteiger partial charge in [-0.15, -0.1) is 0 Å². The average molecular weight is 852 g/mol. The highest BCUT2D eigenvalue weighted by Gasteiger charge is 2.46. The minimum absolute atomic E-state index is 0.0269. The highest BCUT2D eigenvalue weighted by atomic mass is 32.2. The molecular formula is C42H47N2O11S3+. The Labute approximate surface area is 339 Å². The minimum atomic E-state index is -4.91. The van der Waals surface area contributed by atoms with Crippen molar-refractivity contribution in [3.8, 4) is 0 Å². The van der Waals surface area contributed by atoms with E-state index in [1.807, 2.05) is 74.8 Å². The van der Waals surface area contributed by atoms with E-state index in [1.54, 1.807) is 6.07 Å². The Morgan fingerprint density at radius 1 is 0.724 bits per heavy atom. The summed E-state index contributed by atoms with van der Waals surface area (Å²) in [4.78, 5) is 11.8. The third-order valence-corrected chi connectivity index (χ3v) is 13.8. The van der Waals surface area contributed by atoms with Crippen LogP contribution in [0.2, 0.25) is 0 Å². The van der Waals surface area contributed by atoms with Crippen molar-refractivity contribution >= 4 is 75.0 Å². The van der Waals surface area contributed by atoms with Crippen LogP contribution in [0.1, 0.15) is 77.0 Å². The maximum atomic E-state index is 12.5. The zero-order chi connectivity index (χ0) is 42.7. The number of unbranched alkanes of at least 4 members (excludes halogenated alkanes) is 2. The zero-order valence-electron chi connectivity index (χ0n) is 33.0. The van der Waals surface area contributed by atoms with Crippen LogP contribution in [0.15, 0.2) is 99.3 Å². The Bertz CT molecular complexity index is 2870. The molecule has 58 heavy (non-hydrogen) atoms. The van der Waals surface area contributed by atoms with Gasteiger partial charge in [0.15, 0.2) is 5.71 Å². The van der Waals surface area contributed by atoms with Crippen molar-refractivity contribution in [3.05, 3.63) is 101 Å². The molecule has 0 spiro atoms. The first-order valence-corrected chi connectivity index (χ1v) is 23.0. The molecule has 0 saturated carbocycles. The first-order valence-electron chi connectivity index (χ1n) is 18.7. The number of allylic oxidation sites excluding steroid dienone is 6. The van der Waals surface area contributed by atoms with Crippen molar-refractivity contribution in [1.82, 2.24) is 0 Å². The second-order valence-corrected chi connectivity index (χ2v) is 20.0. The standard InChI is InChI=1S/C42H46N2O11S3/c1-7-43-33-19-17-29-26(2)22-27(56(47,48)49)23-31(29)39(33)41(3,4)36(43)14-10-8-11-15-37-42(5,6)40-32-24-28(57(50,51)52)25-35(58(53,54)55)30(32)18-20-34(40)44(37)21-13-9-12-16-38(45)46/h8,10-11,14-15,17-20,22-25H,7,9,12-13,16,21H2,1-6H3,(H3-,45,46,47,48,49,50,51,52,53,54,55)/p+1. The summed E-state index contributed by atoms with van der Waals surface area (Å²) in [6.07, 6.45) is 11.3. The number of fused-ring (bicyclic) bond motifs is 6. The molecule has 2 aliphatic heterocycles. The maximum Gasteiger partial charge on any atom is 0.303 e. The summed E-state index contributed by atoms with van der Waals surface area (Å²) in [6.45, 7) is 12.9. The molecule has 4 aromatic carbocycles. The average Bonchev–Trinajstić information content (AvgIpc) is 3.47. The van der Waals surface area contributed by atoms with Gasteiger partial charge < -0.3 is 10.0 Å². The predicted octanol–water partition coefficient (Wildman–Crippen LogP) is 7.88. The fourth-order valence-electron chi connectivity index (χ4n) is 8.66. The molecule has 13 nitrogen and oxygen atoms in total. The van der Waals surface area contributed by atoms with E-state index in [-0.39, 0.29) is 22.1 Å². The van der Waals surface area contributed by atoms with Gasteiger partial charge in [-0.2, -0.15) is 29.8 Å². The number of benzene rings is 4. The van der Waals surface area contributed by atoms with Gasteiger partial charge in [0.2, 0.25) is 5.69 Å². The molecule has 0 unspecified atom stereocenters. The fraction of sp³-hybridized carbons (Fsp3) is 0.333. The van der Waals surface area contributed by atoms with Crippen LogP contribution in [0.3, 0.4) is 0 Å². The van der Waals surface area contributed by atoms with E-state index < -0.39 is 56.9 Å². The van der Waals surface area contributed by atoms with Gasteiger partial charge in [-0.3, -0.25) is 18.5 Å². The van der Waals surface area contributed by atoms with Crippen LogP contribution < -0.4 is 4.90 Å². The minimum Gasteiger partial charge on any atom is -0.481 e. The van der Waals surface area contributed by atoms with Gasteiger partial charge in [-0.05, 0) is 110 Å². The smallest absolute Gasteiger partial charge is 0.303 e. The van der Waals surface area contributed by atoms with Crippen molar-refractivity contribution < 1.29 is 53.4 Å². The fourth-order valence-corrected chi connectivity index (χ4v) is 10.6. The molecule has 0 aromatic heterocycles. The Morgan fingerprint density at radius 3 is 1.95 bits per heavy atom. The molecular weight excluding hydrogens is 805 g/mol. The van der Waals surface area contributed by atoms with Crippen LogP contribution in [0.25, 0.3) is 21.5 Å². The number of carboxylic acid groups (broad SMARTS) is 1. The number of carboxylic acids is 1. The van der Waals surface area contributed by atoms with Crippen molar-refractivity contribution in [3.63, 3.8) is 0 Å². The molecule has 2 aliphatic rings. The zero-order valence-corrected chi connectivity index (χ0v) is 35.5. The van der Waals surface area contributed by atoms with Gasteiger partial charge in [0.05, 0.1) is 15.2 Å². The number of nitrogens with zero attached hydrogens (tertiary/aromatic N) is 2. The first-order chi connectivity index (χ1) is 26.9. The van der Waals surface area contributed by atoms with E-state index in [9.17, 15) is 43.7 Å². The summed E-state index contributed by atoms with van der Waals surface area (Å²) < 4.78 is 106. The van der Waals surface area contributed by atoms with E-state index in [2.05, 4.69) is 18.7 Å². The van der Waals surface area contributed by atoms with Gasteiger partial charge in [-0.1, -0.05) is 38.1 Å². The number of aliphatic carboxylic acids is 1. The topological polar surface area (TPSA) is 207 Å². The molecule has 0 atom stereocenters. The monoisotopic (exact) mass is 851 g/mol. The summed E-state index contributed by atoms with van der Waals surface area (Å²) in [6, 6.07) is 12.1. The molecule has 4 N–H and O–H groups in total. The van der Waals surface area contributed by atoms with E-state index in [0.717, 1.165) is 45.1 Å². The molecule has 0 fully saturated rings. The van der Waals surface area contributed by atoms with E-state index in [1.165, 1.54) is 24.3 Å². The molecule has 2 heterocycles. The maximum absolute atomic E-state index is 12.5. The van der Waals surface area contributed by atoms with Crippen molar-refractivity contribution in [1.29, 1.82) is 0 Å². The quantitative estimate of drug-likeness (QED) is 0.0439. The number of rotatable bonds is 13. The molecule has 0 amide bonds. The van der Waals surface area contributed by atoms with Crippen molar-refractivity contribution in [2.75, 3.05) is 18.0 Å². The van der Waals surface area contributed by atoms with E-state index in [4.69, 9.17) is 5.11 Å². The Morgan fingerprint density at radius 2 is 1.34 bits per heavy atom. The lowest BCUT2D eigenvalue weighted by Crippen LogP contribution is -2.28. The number of carbonyl (C=O) groups is 1. The largest absolute Gasteiger partial charge is 0.481 e. The lowest BCUT2D eigenvalue weighted by Gasteiger charge is -2.26. The molecule has 308 valence electrons. The molecule has 16 heteroatoms. The summed E-state index contributed by atoms with van der Waals surface area (Å²) in [7, 11) is -14.2. The lowest BCUT2D eigenvalue weighted by atomic mass is 9.79. The van der Waals surface area contributed by atoms with Gasteiger partial charge in [0.25, 0.3) is 30.4 Å². The summed E-state index contributed by atoms with van der Waals surface area (Å²) >= 11 is 0. The van der Waals surface area contributed by atoms with Gasteiger partial charge in [-0.25, -0.2) is 0 Å². The Hall–Kier alpha value is -4.71. The number of likely N-dealkylation sites (N-methyl/N-ethyl adjacent to an activating group) is 1. The number of hydrogen-bond acceptors (Lipinski definition) is 8. The van der Waals surface area contributed by atoms with Crippen molar-refractivity contribution in [2.45, 2.75) is 92.7 Å². The molecule has 0 bridgehead atoms. The predicted molar refractivity (Wildman–Crippen MR) is 223 cm³/mol. The summed E-state index contributed by atoms with van der Waals surface area (Å²) in [5.41, 5.74) is 4.19. The highest BCUT2D eigenvalue weighted by molar-refractivity contribution is 7.87. The second kappa shape index (κ2) is 15.1.